The summed E-state index contributed by atoms with van der Waals surface area (Å²) in [6, 6.07) is 4.60. The number of carbonyl (C=O) groups excluding carboxylic acids is 1. The number of hydrogen-bond acceptors (Lipinski definition) is 3. The molecule has 6 nitrogen and oxygen atoms in total. The van der Waals surface area contributed by atoms with Crippen molar-refractivity contribution < 1.29 is 19.4 Å². The van der Waals surface area contributed by atoms with Gasteiger partial charge < -0.3 is 20.5 Å². The van der Waals surface area contributed by atoms with Crippen molar-refractivity contribution >= 4 is 29.3 Å². The van der Waals surface area contributed by atoms with Crippen LogP contribution in [0.25, 0.3) is 0 Å². The highest BCUT2D eigenvalue weighted by Gasteiger charge is 2.17. The Bertz CT molecular complexity index is 479. The lowest BCUT2D eigenvalue weighted by Crippen LogP contribution is -2.39. The Balaban J connectivity index is 2.56. The fourth-order valence-corrected chi connectivity index (χ4v) is 1.54. The molecule has 1 aromatic rings. The summed E-state index contributed by atoms with van der Waals surface area (Å²) in [6.45, 7) is 1.64. The molecule has 3 N–H and O–H groups in total. The lowest BCUT2D eigenvalue weighted by molar-refractivity contribution is -0.147. The monoisotopic (exact) mass is 286 g/mol. The van der Waals surface area contributed by atoms with Crippen molar-refractivity contribution in [3.63, 3.8) is 0 Å². The first-order valence-electron chi connectivity index (χ1n) is 5.51. The van der Waals surface area contributed by atoms with E-state index in [1.807, 2.05) is 0 Å². The molecule has 0 aliphatic carbocycles. The van der Waals surface area contributed by atoms with Gasteiger partial charge in [-0.1, -0.05) is 17.7 Å². The first-order valence-corrected chi connectivity index (χ1v) is 5.89. The molecule has 1 aromatic carbocycles. The molecule has 1 unspecified atom stereocenters. The maximum atomic E-state index is 11.6. The molecular formula is C12H15ClN2O4. The summed E-state index contributed by atoms with van der Waals surface area (Å²) < 4.78 is 4.69. The number of anilines is 1. The molecule has 0 radical (unpaired) electrons. The van der Waals surface area contributed by atoms with Gasteiger partial charge in [-0.25, -0.2) is 9.59 Å². The summed E-state index contributed by atoms with van der Waals surface area (Å²) >= 11 is 5.92. The summed E-state index contributed by atoms with van der Waals surface area (Å²) in [5.41, 5.74) is 1.30. The van der Waals surface area contributed by atoms with Crippen LogP contribution in [0, 0.1) is 6.92 Å². The number of carboxylic acid groups (broad SMARTS) is 1. The Kier molecular flexibility index (Phi) is 5.59. The number of urea groups is 1. The van der Waals surface area contributed by atoms with Crippen molar-refractivity contribution in [1.29, 1.82) is 0 Å². The molecule has 0 aliphatic heterocycles. The number of rotatable bonds is 5. The zero-order chi connectivity index (χ0) is 14.4. The van der Waals surface area contributed by atoms with Gasteiger partial charge in [-0.15, -0.1) is 0 Å². The molecule has 0 fully saturated rings. The van der Waals surface area contributed by atoms with E-state index < -0.39 is 18.1 Å². The van der Waals surface area contributed by atoms with E-state index in [1.54, 1.807) is 25.1 Å². The van der Waals surface area contributed by atoms with Gasteiger partial charge in [0.15, 0.2) is 6.10 Å². The second-order valence-corrected chi connectivity index (χ2v) is 4.22. The topological polar surface area (TPSA) is 87.7 Å². The van der Waals surface area contributed by atoms with Gasteiger partial charge in [0, 0.05) is 17.8 Å². The maximum Gasteiger partial charge on any atom is 0.334 e. The van der Waals surface area contributed by atoms with E-state index in [4.69, 9.17) is 21.4 Å². The molecule has 0 saturated heterocycles. The molecule has 0 aromatic heterocycles. The summed E-state index contributed by atoms with van der Waals surface area (Å²) in [4.78, 5) is 22.3. The third-order valence-electron chi connectivity index (χ3n) is 2.52. The van der Waals surface area contributed by atoms with Crippen LogP contribution in [0.15, 0.2) is 18.2 Å². The van der Waals surface area contributed by atoms with E-state index in [9.17, 15) is 9.59 Å². The quantitative estimate of drug-likeness (QED) is 0.771. The summed E-state index contributed by atoms with van der Waals surface area (Å²) in [7, 11) is 1.26. The Hall–Kier alpha value is -1.79. The molecule has 19 heavy (non-hydrogen) atoms. The predicted molar refractivity (Wildman–Crippen MR) is 71.6 cm³/mol. The Morgan fingerprint density at radius 2 is 2.16 bits per heavy atom. The minimum atomic E-state index is -1.14. The average Bonchev–Trinajstić information content (AvgIpc) is 2.35. The van der Waals surface area contributed by atoms with Gasteiger partial charge in [0.25, 0.3) is 0 Å². The van der Waals surface area contributed by atoms with Crippen LogP contribution in [0.4, 0.5) is 10.5 Å². The minimum Gasteiger partial charge on any atom is -0.479 e. The Morgan fingerprint density at radius 3 is 2.74 bits per heavy atom. The van der Waals surface area contributed by atoms with Gasteiger partial charge in [0.1, 0.15) is 0 Å². The molecule has 7 heteroatoms. The van der Waals surface area contributed by atoms with Crippen molar-refractivity contribution in [3.05, 3.63) is 28.8 Å². The average molecular weight is 287 g/mol. The normalized spacial score (nSPS) is 11.7. The van der Waals surface area contributed by atoms with Crippen molar-refractivity contribution in [3.8, 4) is 0 Å². The number of benzene rings is 1. The van der Waals surface area contributed by atoms with E-state index in [-0.39, 0.29) is 6.54 Å². The SMILES string of the molecule is COC(CNC(=O)Nc1cccc(Cl)c1C)C(=O)O. The van der Waals surface area contributed by atoms with E-state index in [0.29, 0.717) is 10.7 Å². The number of nitrogens with one attached hydrogen (secondary N) is 2. The molecule has 0 spiro atoms. The number of methoxy groups -OCH3 is 1. The highest BCUT2D eigenvalue weighted by Crippen LogP contribution is 2.22. The lowest BCUT2D eigenvalue weighted by Gasteiger charge is -2.13. The van der Waals surface area contributed by atoms with Crippen LogP contribution in [0.2, 0.25) is 5.02 Å². The third kappa shape index (κ3) is 4.42. The van der Waals surface area contributed by atoms with Crippen LogP contribution in [0.3, 0.4) is 0 Å². The third-order valence-corrected chi connectivity index (χ3v) is 2.93. The van der Waals surface area contributed by atoms with Crippen LogP contribution in [0.1, 0.15) is 5.56 Å². The van der Waals surface area contributed by atoms with Gasteiger partial charge in [-0.3, -0.25) is 0 Å². The molecule has 0 heterocycles. The van der Waals surface area contributed by atoms with Crippen molar-refractivity contribution in [1.82, 2.24) is 5.32 Å². The van der Waals surface area contributed by atoms with Gasteiger partial charge in [-0.2, -0.15) is 0 Å². The summed E-state index contributed by atoms with van der Waals surface area (Å²) in [6.07, 6.45) is -1.08. The van der Waals surface area contributed by atoms with Crippen LogP contribution in [-0.2, 0) is 9.53 Å². The zero-order valence-corrected chi connectivity index (χ0v) is 11.3. The van der Waals surface area contributed by atoms with Crippen molar-refractivity contribution in [2.45, 2.75) is 13.0 Å². The highest BCUT2D eigenvalue weighted by molar-refractivity contribution is 6.31. The molecule has 1 atom stereocenters. The number of amides is 2. The number of halogens is 1. The number of ether oxygens (including phenoxy) is 1. The number of hydrogen-bond donors (Lipinski definition) is 3. The van der Waals surface area contributed by atoms with E-state index >= 15 is 0 Å². The molecule has 2 amide bonds. The van der Waals surface area contributed by atoms with Crippen molar-refractivity contribution in [2.75, 3.05) is 19.0 Å². The Morgan fingerprint density at radius 1 is 1.47 bits per heavy atom. The van der Waals surface area contributed by atoms with Gasteiger partial charge in [-0.05, 0) is 24.6 Å². The molecule has 0 saturated carbocycles. The van der Waals surface area contributed by atoms with E-state index in [1.165, 1.54) is 7.11 Å². The number of carboxylic acids is 1. The van der Waals surface area contributed by atoms with Crippen LogP contribution >= 0.6 is 11.6 Å². The van der Waals surface area contributed by atoms with Crippen LogP contribution in [-0.4, -0.2) is 36.9 Å². The van der Waals surface area contributed by atoms with Gasteiger partial charge >= 0.3 is 12.0 Å². The predicted octanol–water partition coefficient (Wildman–Crippen LogP) is 1.87. The smallest absolute Gasteiger partial charge is 0.334 e. The van der Waals surface area contributed by atoms with E-state index in [0.717, 1.165) is 5.56 Å². The highest BCUT2D eigenvalue weighted by atomic mass is 35.5. The number of aliphatic carboxylic acids is 1. The van der Waals surface area contributed by atoms with Crippen LogP contribution < -0.4 is 10.6 Å². The fourth-order valence-electron chi connectivity index (χ4n) is 1.37. The fraction of sp³-hybridized carbons (Fsp3) is 0.333. The maximum absolute atomic E-state index is 11.6. The molecular weight excluding hydrogens is 272 g/mol. The van der Waals surface area contributed by atoms with Gasteiger partial charge in [0.2, 0.25) is 0 Å². The van der Waals surface area contributed by atoms with Gasteiger partial charge in [0.05, 0.1) is 6.54 Å². The minimum absolute atomic E-state index is 0.128. The lowest BCUT2D eigenvalue weighted by atomic mass is 10.2. The second-order valence-electron chi connectivity index (χ2n) is 3.81. The first kappa shape index (κ1) is 15.3. The van der Waals surface area contributed by atoms with Crippen molar-refractivity contribution in [2.24, 2.45) is 0 Å². The second kappa shape index (κ2) is 6.96. The number of carbonyl (C=O) groups is 2. The molecule has 1 rings (SSSR count). The largest absolute Gasteiger partial charge is 0.479 e. The van der Waals surface area contributed by atoms with E-state index in [2.05, 4.69) is 10.6 Å². The Labute approximate surface area is 115 Å². The van der Waals surface area contributed by atoms with Crippen LogP contribution in [0.5, 0.6) is 0 Å². The molecule has 0 bridgehead atoms. The summed E-state index contributed by atoms with van der Waals surface area (Å²) in [5.74, 6) is -1.14. The summed E-state index contributed by atoms with van der Waals surface area (Å²) in [5, 5.41) is 14.3. The molecule has 0 aliphatic rings. The first-order chi connectivity index (χ1) is 8.95. The molecule has 104 valence electrons. The standard InChI is InChI=1S/C12H15ClN2O4/c1-7-8(13)4-3-5-9(7)15-12(18)14-6-10(19-2)11(16)17/h3-5,10H,6H2,1-2H3,(H,16,17)(H2,14,15,18). The zero-order valence-electron chi connectivity index (χ0n) is 10.6.